The van der Waals surface area contributed by atoms with Gasteiger partial charge in [0.05, 0.1) is 29.2 Å². The fourth-order valence-corrected chi connectivity index (χ4v) is 6.98. The molecule has 0 spiro atoms. The molecule has 230 valence electrons. The van der Waals surface area contributed by atoms with Gasteiger partial charge in [0, 0.05) is 23.8 Å². The minimum atomic E-state index is -3.82. The van der Waals surface area contributed by atoms with Gasteiger partial charge in [-0.1, -0.05) is 24.3 Å². The van der Waals surface area contributed by atoms with Gasteiger partial charge in [-0.3, -0.25) is 9.59 Å². The highest BCUT2D eigenvalue weighted by Crippen LogP contribution is 2.43. The van der Waals surface area contributed by atoms with E-state index in [1.54, 1.807) is 62.5 Å². The molecule has 4 aromatic rings. The first kappa shape index (κ1) is 30.7. The molecule has 1 saturated heterocycles. The number of aliphatic carboxylic acids is 1. The summed E-state index contributed by atoms with van der Waals surface area (Å²) in [5, 5.41) is 14.1. The number of carbonyl (C=O) groups is 2. The number of carbonyl (C=O) groups excluding carboxylic acids is 1. The summed E-state index contributed by atoms with van der Waals surface area (Å²) < 4.78 is 46.4. The molecule has 1 aliphatic heterocycles. The van der Waals surface area contributed by atoms with E-state index in [0.717, 1.165) is 10.8 Å². The molecule has 10 nitrogen and oxygen atoms in total. The number of amides is 1. The number of likely N-dealkylation sites (tertiary alicyclic amines) is 1. The van der Waals surface area contributed by atoms with Gasteiger partial charge in [-0.2, -0.15) is 0 Å². The van der Waals surface area contributed by atoms with Crippen molar-refractivity contribution in [3.63, 3.8) is 0 Å². The number of nitrogens with two attached hydrogens (primary N) is 1. The molecule has 0 bridgehead atoms. The Kier molecular flexibility index (Phi) is 8.46. The number of methoxy groups -OCH3 is 1. The molecular weight excluding hydrogens is 587 g/mol. The first-order chi connectivity index (χ1) is 20.9. The Morgan fingerprint density at radius 2 is 1.86 bits per heavy atom. The molecule has 1 aromatic heterocycles. The number of nitrogens with one attached hydrogen (secondary N) is 1. The fourth-order valence-electron chi connectivity index (χ4n) is 5.69. The molecule has 0 aliphatic carbocycles. The predicted octanol–water partition coefficient (Wildman–Crippen LogP) is 4.97. The number of ether oxygens (including phenoxy) is 1. The van der Waals surface area contributed by atoms with Crippen molar-refractivity contribution in [1.29, 1.82) is 0 Å². The zero-order valence-corrected chi connectivity index (χ0v) is 25.2. The first-order valence-corrected chi connectivity index (χ1v) is 15.6. The topological polar surface area (TPSA) is 152 Å². The molecule has 3 atom stereocenters. The lowest BCUT2D eigenvalue weighted by molar-refractivity contribution is -0.143. The molecule has 0 saturated carbocycles. The van der Waals surface area contributed by atoms with E-state index < -0.39 is 50.8 Å². The smallest absolute Gasteiger partial charge is 0.309 e. The van der Waals surface area contributed by atoms with E-state index in [9.17, 15) is 27.5 Å². The van der Waals surface area contributed by atoms with E-state index >= 15 is 0 Å². The van der Waals surface area contributed by atoms with Gasteiger partial charge in [0.2, 0.25) is 5.91 Å². The van der Waals surface area contributed by atoms with Crippen LogP contribution in [0, 0.1) is 11.7 Å². The summed E-state index contributed by atoms with van der Waals surface area (Å²) in [6, 6.07) is 15.1. The number of benzene rings is 3. The van der Waals surface area contributed by atoms with Crippen LogP contribution in [0.4, 0.5) is 15.9 Å². The number of sulfone groups is 1. The largest absolute Gasteiger partial charge is 0.494 e. The monoisotopic (exact) mass is 620 g/mol. The number of nitrogen functional groups attached to an aromatic ring is 1. The molecule has 44 heavy (non-hydrogen) atoms. The van der Waals surface area contributed by atoms with Crippen LogP contribution in [-0.2, 0) is 19.4 Å². The molecule has 5 rings (SSSR count). The van der Waals surface area contributed by atoms with E-state index in [4.69, 9.17) is 10.5 Å². The van der Waals surface area contributed by atoms with Crippen molar-refractivity contribution in [2.45, 2.75) is 42.5 Å². The SMILES string of the molecule is COc1cc([C@H](Nc2ccc3c(N)nccc3c2)C(=O)N2CCC(C(=O)O)C2c2ccccc2S(=O)(=O)C(C)C)ccc1F. The molecule has 4 N–H and O–H groups in total. The van der Waals surface area contributed by atoms with Crippen molar-refractivity contribution in [1.82, 2.24) is 9.88 Å². The number of aromatic nitrogens is 1. The molecule has 1 fully saturated rings. The summed E-state index contributed by atoms with van der Waals surface area (Å²) in [5.74, 6) is -3.06. The van der Waals surface area contributed by atoms with Crippen molar-refractivity contribution < 1.29 is 32.2 Å². The van der Waals surface area contributed by atoms with Crippen molar-refractivity contribution in [3.05, 3.63) is 89.9 Å². The summed E-state index contributed by atoms with van der Waals surface area (Å²) in [6.07, 6.45) is 1.68. The van der Waals surface area contributed by atoms with E-state index in [-0.39, 0.29) is 29.2 Å². The van der Waals surface area contributed by atoms with Gasteiger partial charge in [-0.15, -0.1) is 0 Å². The maximum atomic E-state index is 14.6. The second-order valence-electron chi connectivity index (χ2n) is 10.9. The number of hydrogen-bond acceptors (Lipinski definition) is 8. The Labute approximate surface area is 254 Å². The number of pyridine rings is 1. The van der Waals surface area contributed by atoms with Crippen molar-refractivity contribution in [3.8, 4) is 5.75 Å². The van der Waals surface area contributed by atoms with Crippen LogP contribution in [0.25, 0.3) is 10.8 Å². The first-order valence-electron chi connectivity index (χ1n) is 14.0. The summed E-state index contributed by atoms with van der Waals surface area (Å²) in [6.45, 7) is 3.16. The highest BCUT2D eigenvalue weighted by molar-refractivity contribution is 7.92. The van der Waals surface area contributed by atoms with E-state index in [2.05, 4.69) is 10.3 Å². The molecule has 0 radical (unpaired) electrons. The van der Waals surface area contributed by atoms with Crippen LogP contribution >= 0.6 is 0 Å². The van der Waals surface area contributed by atoms with Crippen LogP contribution in [0.3, 0.4) is 0 Å². The van der Waals surface area contributed by atoms with Gasteiger partial charge in [0.1, 0.15) is 11.9 Å². The fraction of sp³-hybridized carbons (Fsp3) is 0.281. The molecule has 1 amide bonds. The highest BCUT2D eigenvalue weighted by Gasteiger charge is 2.46. The Hall–Kier alpha value is -4.71. The van der Waals surface area contributed by atoms with Crippen LogP contribution in [0.2, 0.25) is 0 Å². The van der Waals surface area contributed by atoms with Crippen molar-refractivity contribution in [2.24, 2.45) is 5.92 Å². The number of halogens is 1. The zero-order chi connectivity index (χ0) is 31.8. The second kappa shape index (κ2) is 12.1. The Morgan fingerprint density at radius 1 is 1.11 bits per heavy atom. The van der Waals surface area contributed by atoms with Crippen LogP contribution in [-0.4, -0.2) is 54.2 Å². The standard InChI is InChI=1S/C32H33FN4O6S/c1-18(2)44(41,42)27-7-5-4-6-23(27)29-24(32(39)40)13-15-37(29)31(38)28(20-8-11-25(33)26(17-20)43-3)36-21-9-10-22-19(16-21)12-14-35-30(22)34/h4-12,14,16-18,24,28-29,36H,13,15H2,1-3H3,(H2,34,35)(H,39,40)/t24?,28-,29?/m0/s1. The lowest BCUT2D eigenvalue weighted by Gasteiger charge is -2.32. The maximum absolute atomic E-state index is 14.6. The van der Waals surface area contributed by atoms with E-state index in [0.29, 0.717) is 17.1 Å². The normalized spacial score (nSPS) is 17.5. The Balaban J connectivity index is 1.63. The van der Waals surface area contributed by atoms with Gasteiger partial charge in [0.15, 0.2) is 21.4 Å². The quantitative estimate of drug-likeness (QED) is 0.235. The van der Waals surface area contributed by atoms with E-state index in [1.165, 1.54) is 36.3 Å². The summed E-state index contributed by atoms with van der Waals surface area (Å²) in [7, 11) is -2.51. The third kappa shape index (κ3) is 5.64. The zero-order valence-electron chi connectivity index (χ0n) is 24.4. The molecule has 3 aromatic carbocycles. The molecule has 1 aliphatic rings. The van der Waals surface area contributed by atoms with Gasteiger partial charge >= 0.3 is 5.97 Å². The number of hydrogen-bond donors (Lipinski definition) is 3. The number of fused-ring (bicyclic) bond motifs is 1. The van der Waals surface area contributed by atoms with Crippen molar-refractivity contribution >= 4 is 44.0 Å². The van der Waals surface area contributed by atoms with Crippen LogP contribution in [0.15, 0.2) is 77.8 Å². The predicted molar refractivity (Wildman–Crippen MR) is 164 cm³/mol. The average molecular weight is 621 g/mol. The van der Waals surface area contributed by atoms with Crippen molar-refractivity contribution in [2.75, 3.05) is 24.7 Å². The molecule has 2 unspecified atom stereocenters. The molecular formula is C32H33FN4O6S. The third-order valence-corrected chi connectivity index (χ3v) is 10.3. The average Bonchev–Trinajstić information content (AvgIpc) is 3.45. The summed E-state index contributed by atoms with van der Waals surface area (Å²) >= 11 is 0. The number of nitrogens with zero attached hydrogens (tertiary/aromatic N) is 2. The molecule has 12 heteroatoms. The highest BCUT2D eigenvalue weighted by atomic mass is 32.2. The Bertz CT molecular complexity index is 1850. The number of carboxylic acids is 1. The summed E-state index contributed by atoms with van der Waals surface area (Å²) in [5.41, 5.74) is 7.16. The van der Waals surface area contributed by atoms with Gasteiger partial charge in [-0.25, -0.2) is 17.8 Å². The van der Waals surface area contributed by atoms with Gasteiger partial charge in [-0.05, 0) is 79.2 Å². The minimum Gasteiger partial charge on any atom is -0.494 e. The van der Waals surface area contributed by atoms with Gasteiger partial charge < -0.3 is 25.8 Å². The number of anilines is 2. The minimum absolute atomic E-state index is 0.0142. The Morgan fingerprint density at radius 3 is 2.57 bits per heavy atom. The number of carboxylic acid groups (broad SMARTS) is 1. The number of rotatable bonds is 9. The molecule has 2 heterocycles. The lowest BCUT2D eigenvalue weighted by atomic mass is 9.93. The van der Waals surface area contributed by atoms with Gasteiger partial charge in [0.25, 0.3) is 0 Å². The maximum Gasteiger partial charge on any atom is 0.309 e. The van der Waals surface area contributed by atoms with E-state index in [1.807, 2.05) is 0 Å². The van der Waals surface area contributed by atoms with Crippen LogP contribution in [0.1, 0.15) is 43.5 Å². The van der Waals surface area contributed by atoms with Crippen LogP contribution < -0.4 is 15.8 Å². The lowest BCUT2D eigenvalue weighted by Crippen LogP contribution is -2.40. The second-order valence-corrected chi connectivity index (χ2v) is 13.4. The third-order valence-electron chi connectivity index (χ3n) is 8.02. The van der Waals surface area contributed by atoms with Crippen LogP contribution in [0.5, 0.6) is 5.75 Å². The summed E-state index contributed by atoms with van der Waals surface area (Å²) in [4.78, 5) is 32.5.